The third-order valence-electron chi connectivity index (χ3n) is 3.04. The number of aromatic nitrogens is 3. The van der Waals surface area contributed by atoms with Crippen molar-refractivity contribution in [2.45, 2.75) is 31.2 Å². The number of nitrogens with one attached hydrogen (secondary N) is 1. The highest BCUT2D eigenvalue weighted by Crippen LogP contribution is 2.23. The van der Waals surface area contributed by atoms with Gasteiger partial charge in [-0.15, -0.1) is 11.3 Å². The highest BCUT2D eigenvalue weighted by Gasteiger charge is 2.22. The van der Waals surface area contributed by atoms with E-state index in [0.29, 0.717) is 5.75 Å². The molecular weight excluding hydrogens is 304 g/mol. The van der Waals surface area contributed by atoms with E-state index in [1.54, 1.807) is 17.5 Å². The molecule has 1 N–H and O–H groups in total. The molecule has 0 spiro atoms. The normalized spacial score (nSPS) is 12.6. The summed E-state index contributed by atoms with van der Waals surface area (Å²) in [6.45, 7) is 6.12. The average molecular weight is 324 g/mol. The predicted octanol–water partition coefficient (Wildman–Crippen LogP) is 2.79. The predicted molar refractivity (Wildman–Crippen MR) is 86.5 cm³/mol. The van der Waals surface area contributed by atoms with Crippen LogP contribution >= 0.6 is 23.1 Å². The number of hydrogen-bond acceptors (Lipinski definition) is 5. The number of aryl methyl sites for hydroxylation is 2. The van der Waals surface area contributed by atoms with Gasteiger partial charge in [-0.2, -0.15) is 0 Å². The number of carbonyl (C=O) groups excluding carboxylic acids is 1. The quantitative estimate of drug-likeness (QED) is 0.830. The Labute approximate surface area is 133 Å². The SMILES string of the molecule is Cc1csc(SCC(=O)N[C@@H](c2nccn2C)C(C)C)n1. The summed E-state index contributed by atoms with van der Waals surface area (Å²) in [7, 11) is 1.94. The van der Waals surface area contributed by atoms with Crippen LogP contribution < -0.4 is 5.32 Å². The Kier molecular flexibility index (Phi) is 5.41. The first-order valence-electron chi connectivity index (χ1n) is 6.79. The summed E-state index contributed by atoms with van der Waals surface area (Å²) < 4.78 is 2.88. The van der Waals surface area contributed by atoms with Gasteiger partial charge in [-0.25, -0.2) is 9.97 Å². The molecule has 0 saturated carbocycles. The van der Waals surface area contributed by atoms with E-state index in [-0.39, 0.29) is 17.9 Å². The second kappa shape index (κ2) is 7.09. The van der Waals surface area contributed by atoms with Gasteiger partial charge in [0.05, 0.1) is 11.8 Å². The molecule has 2 heterocycles. The Morgan fingerprint density at radius 3 is 2.81 bits per heavy atom. The van der Waals surface area contributed by atoms with Gasteiger partial charge in [-0.3, -0.25) is 4.79 Å². The number of hydrogen-bond donors (Lipinski definition) is 1. The first-order chi connectivity index (χ1) is 9.97. The van der Waals surface area contributed by atoms with Crippen LogP contribution in [0.25, 0.3) is 0 Å². The van der Waals surface area contributed by atoms with Crippen molar-refractivity contribution in [3.05, 3.63) is 29.3 Å². The summed E-state index contributed by atoms with van der Waals surface area (Å²) in [4.78, 5) is 20.8. The maximum Gasteiger partial charge on any atom is 0.231 e. The zero-order chi connectivity index (χ0) is 15.4. The summed E-state index contributed by atoms with van der Waals surface area (Å²) in [5.74, 6) is 1.55. The van der Waals surface area contributed by atoms with Gasteiger partial charge in [-0.1, -0.05) is 25.6 Å². The molecule has 2 aromatic rings. The molecule has 0 radical (unpaired) electrons. The van der Waals surface area contributed by atoms with Crippen LogP contribution in [0.1, 0.15) is 31.4 Å². The molecular formula is C14H20N4OS2. The molecule has 0 aliphatic rings. The number of amides is 1. The maximum absolute atomic E-state index is 12.2. The third kappa shape index (κ3) is 4.31. The van der Waals surface area contributed by atoms with Crippen LogP contribution in [-0.2, 0) is 11.8 Å². The second-order valence-corrected chi connectivity index (χ2v) is 7.31. The zero-order valence-corrected chi connectivity index (χ0v) is 14.3. The number of carbonyl (C=O) groups is 1. The molecule has 2 rings (SSSR count). The molecule has 1 atom stereocenters. The minimum absolute atomic E-state index is 0.00885. The Morgan fingerprint density at radius 2 is 2.29 bits per heavy atom. The number of rotatable bonds is 6. The van der Waals surface area contributed by atoms with E-state index in [4.69, 9.17) is 0 Å². The average Bonchev–Trinajstić information content (AvgIpc) is 3.02. The molecule has 5 nitrogen and oxygen atoms in total. The van der Waals surface area contributed by atoms with Crippen molar-refractivity contribution in [3.8, 4) is 0 Å². The molecule has 0 saturated heterocycles. The van der Waals surface area contributed by atoms with Gasteiger partial charge < -0.3 is 9.88 Å². The fraction of sp³-hybridized carbons (Fsp3) is 0.500. The van der Waals surface area contributed by atoms with Crippen molar-refractivity contribution in [2.75, 3.05) is 5.75 Å². The van der Waals surface area contributed by atoms with Gasteiger partial charge in [0.25, 0.3) is 0 Å². The van der Waals surface area contributed by atoms with Gasteiger partial charge in [0, 0.05) is 30.5 Å². The summed E-state index contributed by atoms with van der Waals surface area (Å²) in [5.41, 5.74) is 0.996. The molecule has 0 fully saturated rings. The van der Waals surface area contributed by atoms with Crippen molar-refractivity contribution in [1.82, 2.24) is 19.9 Å². The summed E-state index contributed by atoms with van der Waals surface area (Å²) in [6, 6.07) is -0.0730. The lowest BCUT2D eigenvalue weighted by atomic mass is 10.0. The molecule has 2 aromatic heterocycles. The molecule has 7 heteroatoms. The second-order valence-electron chi connectivity index (χ2n) is 5.23. The zero-order valence-electron chi connectivity index (χ0n) is 12.7. The van der Waals surface area contributed by atoms with Gasteiger partial charge in [-0.05, 0) is 12.8 Å². The summed E-state index contributed by atoms with van der Waals surface area (Å²) in [6.07, 6.45) is 3.65. The van der Waals surface area contributed by atoms with E-state index in [0.717, 1.165) is 15.9 Å². The minimum atomic E-state index is -0.0730. The van der Waals surface area contributed by atoms with Crippen LogP contribution in [0, 0.1) is 12.8 Å². The Balaban J connectivity index is 1.94. The standard InChI is InChI=1S/C14H20N4OS2/c1-9(2)12(13-15-5-6-18(13)4)17-11(19)8-21-14-16-10(3)7-20-14/h5-7,9,12H,8H2,1-4H3,(H,17,19)/t12-/m1/s1. The first-order valence-corrected chi connectivity index (χ1v) is 8.65. The number of thioether (sulfide) groups is 1. The topological polar surface area (TPSA) is 59.8 Å². The van der Waals surface area contributed by atoms with Gasteiger partial charge in [0.15, 0.2) is 4.34 Å². The number of imidazole rings is 1. The maximum atomic E-state index is 12.2. The van der Waals surface area contributed by atoms with Crippen LogP contribution in [0.2, 0.25) is 0 Å². The van der Waals surface area contributed by atoms with Crippen LogP contribution in [0.5, 0.6) is 0 Å². The minimum Gasteiger partial charge on any atom is -0.345 e. The Bertz CT molecular complexity index is 606. The fourth-order valence-corrected chi connectivity index (χ4v) is 3.61. The number of thiazole rings is 1. The van der Waals surface area contributed by atoms with Crippen molar-refractivity contribution in [2.24, 2.45) is 13.0 Å². The van der Waals surface area contributed by atoms with Crippen molar-refractivity contribution >= 4 is 29.0 Å². The van der Waals surface area contributed by atoms with Crippen LogP contribution in [0.3, 0.4) is 0 Å². The van der Waals surface area contributed by atoms with Crippen LogP contribution in [-0.4, -0.2) is 26.2 Å². The third-order valence-corrected chi connectivity index (χ3v) is 5.18. The number of nitrogens with zero attached hydrogens (tertiary/aromatic N) is 3. The van der Waals surface area contributed by atoms with Crippen molar-refractivity contribution in [1.29, 1.82) is 0 Å². The summed E-state index contributed by atoms with van der Waals surface area (Å²) >= 11 is 3.04. The monoisotopic (exact) mass is 324 g/mol. The Morgan fingerprint density at radius 1 is 1.52 bits per heavy atom. The lowest BCUT2D eigenvalue weighted by molar-refractivity contribution is -0.119. The van der Waals surface area contributed by atoms with Crippen LogP contribution in [0.15, 0.2) is 22.1 Å². The van der Waals surface area contributed by atoms with E-state index in [2.05, 4.69) is 29.1 Å². The van der Waals surface area contributed by atoms with Crippen LogP contribution in [0.4, 0.5) is 0 Å². The molecule has 21 heavy (non-hydrogen) atoms. The Hall–Kier alpha value is -1.34. The molecule has 0 bridgehead atoms. The highest BCUT2D eigenvalue weighted by molar-refractivity contribution is 8.01. The van der Waals surface area contributed by atoms with Gasteiger partial charge in [0.1, 0.15) is 5.82 Å². The molecule has 0 aromatic carbocycles. The van der Waals surface area contributed by atoms with E-state index in [1.807, 2.05) is 30.1 Å². The van der Waals surface area contributed by atoms with Gasteiger partial charge in [0.2, 0.25) is 5.91 Å². The molecule has 0 aliphatic heterocycles. The van der Waals surface area contributed by atoms with Crippen molar-refractivity contribution < 1.29 is 4.79 Å². The molecule has 1 amide bonds. The van der Waals surface area contributed by atoms with E-state index in [9.17, 15) is 4.79 Å². The smallest absolute Gasteiger partial charge is 0.231 e. The molecule has 0 unspecified atom stereocenters. The van der Waals surface area contributed by atoms with E-state index in [1.165, 1.54) is 11.8 Å². The summed E-state index contributed by atoms with van der Waals surface area (Å²) in [5, 5.41) is 5.06. The van der Waals surface area contributed by atoms with E-state index >= 15 is 0 Å². The van der Waals surface area contributed by atoms with Gasteiger partial charge >= 0.3 is 0 Å². The largest absolute Gasteiger partial charge is 0.345 e. The molecule has 114 valence electrons. The van der Waals surface area contributed by atoms with E-state index < -0.39 is 0 Å². The first kappa shape index (κ1) is 16.0. The lowest BCUT2D eigenvalue weighted by Crippen LogP contribution is -2.34. The molecule has 0 aliphatic carbocycles. The lowest BCUT2D eigenvalue weighted by Gasteiger charge is -2.21. The van der Waals surface area contributed by atoms with Crippen molar-refractivity contribution in [3.63, 3.8) is 0 Å². The fourth-order valence-electron chi connectivity index (χ4n) is 1.95. The highest BCUT2D eigenvalue weighted by atomic mass is 32.2.